The van der Waals surface area contributed by atoms with Crippen LogP contribution in [0.4, 0.5) is 4.39 Å². The first-order valence-corrected chi connectivity index (χ1v) is 8.41. The molecule has 3 aromatic rings. The molecule has 1 N–H and O–H groups in total. The number of halogens is 1. The fourth-order valence-electron chi connectivity index (χ4n) is 2.71. The van der Waals surface area contributed by atoms with E-state index in [4.69, 9.17) is 4.52 Å². The summed E-state index contributed by atoms with van der Waals surface area (Å²) in [7, 11) is 0. The molecule has 0 aliphatic heterocycles. The minimum Gasteiger partial charge on any atom is -0.345 e. The maximum absolute atomic E-state index is 13.2. The van der Waals surface area contributed by atoms with Crippen LogP contribution in [-0.2, 0) is 0 Å². The van der Waals surface area contributed by atoms with Crippen LogP contribution in [0.2, 0.25) is 0 Å². The highest BCUT2D eigenvalue weighted by Crippen LogP contribution is 2.23. The molecule has 0 saturated heterocycles. The van der Waals surface area contributed by atoms with Crippen LogP contribution in [-0.4, -0.2) is 16.0 Å². The molecule has 6 heteroatoms. The average Bonchev–Trinajstić information content (AvgIpc) is 3.07. The van der Waals surface area contributed by atoms with Gasteiger partial charge in [0.05, 0.1) is 6.04 Å². The highest BCUT2D eigenvalue weighted by molar-refractivity contribution is 5.94. The molecule has 0 radical (unpaired) electrons. The second-order valence-electron chi connectivity index (χ2n) is 6.47. The second kappa shape index (κ2) is 7.47. The number of aromatic nitrogens is 2. The summed E-state index contributed by atoms with van der Waals surface area (Å²) < 4.78 is 18.3. The summed E-state index contributed by atoms with van der Waals surface area (Å²) in [5, 5.41) is 6.78. The normalized spacial score (nSPS) is 12.2. The van der Waals surface area contributed by atoms with Gasteiger partial charge < -0.3 is 9.84 Å². The summed E-state index contributed by atoms with van der Waals surface area (Å²) in [6.07, 6.45) is 0. The van der Waals surface area contributed by atoms with Gasteiger partial charge in [-0.05, 0) is 54.8 Å². The number of nitrogens with one attached hydrogen (secondary N) is 1. The first-order valence-electron chi connectivity index (χ1n) is 8.41. The molecule has 0 bridgehead atoms. The van der Waals surface area contributed by atoms with E-state index in [1.165, 1.54) is 12.1 Å². The van der Waals surface area contributed by atoms with Crippen molar-refractivity contribution in [2.24, 2.45) is 5.92 Å². The van der Waals surface area contributed by atoms with Crippen molar-refractivity contribution in [2.45, 2.75) is 26.8 Å². The topological polar surface area (TPSA) is 68.0 Å². The first kappa shape index (κ1) is 17.8. The molecule has 1 amide bonds. The number of carbonyl (C=O) groups excluding carboxylic acids is 1. The monoisotopic (exact) mass is 353 g/mol. The van der Waals surface area contributed by atoms with E-state index in [0.717, 1.165) is 11.1 Å². The van der Waals surface area contributed by atoms with Crippen LogP contribution in [0.3, 0.4) is 0 Å². The number of nitrogens with zero attached hydrogens (tertiary/aromatic N) is 2. The summed E-state index contributed by atoms with van der Waals surface area (Å²) in [6, 6.07) is 13.0. The third-order valence-corrected chi connectivity index (χ3v) is 4.10. The lowest BCUT2D eigenvalue weighted by atomic mass is 9.95. The number of benzene rings is 2. The third-order valence-electron chi connectivity index (χ3n) is 4.10. The molecule has 5 nitrogen and oxygen atoms in total. The Morgan fingerprint density at radius 2 is 1.73 bits per heavy atom. The fraction of sp³-hybridized carbons (Fsp3) is 0.250. The molecule has 0 spiro atoms. The molecule has 1 heterocycles. The van der Waals surface area contributed by atoms with Crippen molar-refractivity contribution in [2.75, 3.05) is 0 Å². The van der Waals surface area contributed by atoms with E-state index in [9.17, 15) is 9.18 Å². The molecular weight excluding hydrogens is 333 g/mol. The number of carbonyl (C=O) groups is 1. The molecular formula is C20H20FN3O2. The Morgan fingerprint density at radius 1 is 1.08 bits per heavy atom. The van der Waals surface area contributed by atoms with E-state index in [2.05, 4.69) is 15.5 Å². The predicted octanol–water partition coefficient (Wildman–Crippen LogP) is 4.31. The summed E-state index contributed by atoms with van der Waals surface area (Å²) >= 11 is 0. The molecule has 0 aliphatic carbocycles. The van der Waals surface area contributed by atoms with E-state index in [0.29, 0.717) is 17.3 Å². The van der Waals surface area contributed by atoms with Crippen molar-refractivity contribution >= 4 is 5.91 Å². The molecule has 1 atom stereocenters. The lowest BCUT2D eigenvalue weighted by Crippen LogP contribution is -2.31. The zero-order valence-electron chi connectivity index (χ0n) is 14.9. The maximum atomic E-state index is 13.2. The summed E-state index contributed by atoms with van der Waals surface area (Å²) in [5.74, 6) is 0.641. The van der Waals surface area contributed by atoms with Crippen LogP contribution in [0.5, 0.6) is 0 Å². The van der Waals surface area contributed by atoms with E-state index in [-0.39, 0.29) is 23.7 Å². The van der Waals surface area contributed by atoms with Gasteiger partial charge in [0.1, 0.15) is 5.82 Å². The Balaban J connectivity index is 1.76. The number of amides is 1. The van der Waals surface area contributed by atoms with Crippen LogP contribution < -0.4 is 5.32 Å². The maximum Gasteiger partial charge on any atom is 0.257 e. The predicted molar refractivity (Wildman–Crippen MR) is 95.9 cm³/mol. The molecule has 1 unspecified atom stereocenters. The van der Waals surface area contributed by atoms with Gasteiger partial charge in [-0.15, -0.1) is 0 Å². The highest BCUT2D eigenvalue weighted by atomic mass is 19.1. The lowest BCUT2D eigenvalue weighted by Gasteiger charge is -2.23. The Labute approximate surface area is 151 Å². The van der Waals surface area contributed by atoms with Gasteiger partial charge >= 0.3 is 0 Å². The first-order chi connectivity index (χ1) is 12.4. The van der Waals surface area contributed by atoms with Crippen LogP contribution >= 0.6 is 0 Å². The van der Waals surface area contributed by atoms with E-state index in [1.54, 1.807) is 43.3 Å². The van der Waals surface area contributed by atoms with Crippen LogP contribution in [0, 0.1) is 18.7 Å². The SMILES string of the molecule is Cc1noc(-c2ccc(C(=O)NC(c3ccc(F)cc3)C(C)C)cc2)n1. The Bertz CT molecular complexity index is 886. The zero-order valence-corrected chi connectivity index (χ0v) is 14.9. The van der Waals surface area contributed by atoms with Crippen LogP contribution in [0.25, 0.3) is 11.5 Å². The lowest BCUT2D eigenvalue weighted by molar-refractivity contribution is 0.0925. The molecule has 3 rings (SSSR count). The van der Waals surface area contributed by atoms with Gasteiger partial charge in [0.15, 0.2) is 5.82 Å². The molecule has 0 aliphatic rings. The third kappa shape index (κ3) is 3.96. The zero-order chi connectivity index (χ0) is 18.7. The van der Waals surface area contributed by atoms with Crippen molar-refractivity contribution in [1.29, 1.82) is 0 Å². The van der Waals surface area contributed by atoms with Crippen LogP contribution in [0.1, 0.15) is 41.6 Å². The standard InChI is InChI=1S/C20H20FN3O2/c1-12(2)18(14-8-10-17(21)11-9-14)23-19(25)15-4-6-16(7-5-15)20-22-13(3)24-26-20/h4-12,18H,1-3H3,(H,23,25). The highest BCUT2D eigenvalue weighted by Gasteiger charge is 2.19. The van der Waals surface area contributed by atoms with Crippen molar-refractivity contribution in [3.8, 4) is 11.5 Å². The van der Waals surface area contributed by atoms with Gasteiger partial charge in [-0.2, -0.15) is 4.98 Å². The quantitative estimate of drug-likeness (QED) is 0.742. The Morgan fingerprint density at radius 3 is 2.27 bits per heavy atom. The molecule has 26 heavy (non-hydrogen) atoms. The van der Waals surface area contributed by atoms with Gasteiger partial charge in [-0.3, -0.25) is 4.79 Å². The molecule has 134 valence electrons. The molecule has 0 fully saturated rings. The van der Waals surface area contributed by atoms with E-state index >= 15 is 0 Å². The number of hydrogen-bond donors (Lipinski definition) is 1. The van der Waals surface area contributed by atoms with Gasteiger partial charge in [-0.1, -0.05) is 31.1 Å². The fourth-order valence-corrected chi connectivity index (χ4v) is 2.71. The summed E-state index contributed by atoms with van der Waals surface area (Å²) in [6.45, 7) is 5.76. The minimum absolute atomic E-state index is 0.157. The minimum atomic E-state index is -0.297. The Kier molecular flexibility index (Phi) is 5.11. The van der Waals surface area contributed by atoms with Crippen molar-refractivity contribution in [3.05, 3.63) is 71.3 Å². The van der Waals surface area contributed by atoms with Crippen molar-refractivity contribution in [1.82, 2.24) is 15.5 Å². The van der Waals surface area contributed by atoms with E-state index in [1.807, 2.05) is 13.8 Å². The van der Waals surface area contributed by atoms with Crippen LogP contribution in [0.15, 0.2) is 53.1 Å². The molecule has 2 aromatic carbocycles. The number of aryl methyl sites for hydroxylation is 1. The van der Waals surface area contributed by atoms with E-state index < -0.39 is 0 Å². The number of hydrogen-bond acceptors (Lipinski definition) is 4. The van der Waals surface area contributed by atoms with Gasteiger partial charge in [0.25, 0.3) is 11.8 Å². The Hall–Kier alpha value is -3.02. The molecule has 1 aromatic heterocycles. The number of rotatable bonds is 5. The summed E-state index contributed by atoms with van der Waals surface area (Å²) in [5.41, 5.74) is 2.14. The smallest absolute Gasteiger partial charge is 0.257 e. The van der Waals surface area contributed by atoms with Crippen molar-refractivity contribution in [3.63, 3.8) is 0 Å². The largest absolute Gasteiger partial charge is 0.345 e. The summed E-state index contributed by atoms with van der Waals surface area (Å²) in [4.78, 5) is 16.8. The average molecular weight is 353 g/mol. The van der Waals surface area contributed by atoms with Crippen molar-refractivity contribution < 1.29 is 13.7 Å². The van der Waals surface area contributed by atoms with Gasteiger partial charge in [0.2, 0.25) is 0 Å². The second-order valence-corrected chi connectivity index (χ2v) is 6.47. The van der Waals surface area contributed by atoms with Gasteiger partial charge in [0, 0.05) is 11.1 Å². The molecule has 0 saturated carbocycles. The van der Waals surface area contributed by atoms with Gasteiger partial charge in [-0.25, -0.2) is 4.39 Å².